The van der Waals surface area contributed by atoms with Gasteiger partial charge in [-0.25, -0.2) is 0 Å². The van der Waals surface area contributed by atoms with Gasteiger partial charge in [0, 0.05) is 35.9 Å². The predicted molar refractivity (Wildman–Crippen MR) is 94.4 cm³/mol. The average Bonchev–Trinajstić information content (AvgIpc) is 2.62. The number of nitrogens with zero attached hydrogens (tertiary/aromatic N) is 3. The number of aliphatic hydroxyl groups excluding tert-OH is 1. The number of carbonyl (C=O) groups is 1. The Kier molecular flexibility index (Phi) is 6.26. The molecule has 0 aliphatic rings. The highest BCUT2D eigenvalue weighted by molar-refractivity contribution is 7.77. The van der Waals surface area contributed by atoms with E-state index in [-0.39, 0.29) is 23.1 Å². The van der Waals surface area contributed by atoms with Crippen molar-refractivity contribution in [3.8, 4) is 0 Å². The van der Waals surface area contributed by atoms with Crippen LogP contribution in [0.25, 0.3) is 0 Å². The van der Waals surface area contributed by atoms with Crippen molar-refractivity contribution in [1.82, 2.24) is 0 Å². The second kappa shape index (κ2) is 8.41. The minimum Gasteiger partial charge on any atom is -0.758 e. The fourth-order valence-electron chi connectivity index (χ4n) is 2.32. The molecule has 1 aromatic heterocycles. The number of aliphatic hydroxyl groups is 1. The van der Waals surface area contributed by atoms with Gasteiger partial charge >= 0.3 is 0 Å². The number of ketones is 1. The van der Waals surface area contributed by atoms with E-state index in [1.807, 2.05) is 6.92 Å². The number of nitro groups is 1. The lowest BCUT2D eigenvalue weighted by Gasteiger charge is -2.18. The standard InChI is InChI=1S/C17H17N3O4S/c1-2-18-17(25)15(19-9-3-4-12(10-19)11-21)16(22)13-5-7-14(8-6-13)20(23)24/h3-10,15,21H,2,11H2,1H3. The van der Waals surface area contributed by atoms with Crippen LogP contribution in [0.4, 0.5) is 5.69 Å². The quantitative estimate of drug-likeness (QED) is 0.155. The molecule has 1 N–H and O–H groups in total. The number of aromatic nitrogens is 1. The van der Waals surface area contributed by atoms with Crippen molar-refractivity contribution in [1.29, 1.82) is 0 Å². The number of hydrogen-bond acceptors (Lipinski definition) is 6. The highest BCUT2D eigenvalue weighted by Crippen LogP contribution is 2.16. The Labute approximate surface area is 150 Å². The smallest absolute Gasteiger partial charge is 0.269 e. The third-order valence-electron chi connectivity index (χ3n) is 3.52. The summed E-state index contributed by atoms with van der Waals surface area (Å²) in [6.07, 6.45) is 3.30. The van der Waals surface area contributed by atoms with E-state index in [4.69, 9.17) is 12.6 Å². The van der Waals surface area contributed by atoms with Crippen LogP contribution in [0.1, 0.15) is 28.9 Å². The molecule has 2 rings (SSSR count). The van der Waals surface area contributed by atoms with Crippen molar-refractivity contribution in [2.24, 2.45) is 4.99 Å². The summed E-state index contributed by atoms with van der Waals surface area (Å²) in [7, 11) is 0. The van der Waals surface area contributed by atoms with Gasteiger partial charge in [0.1, 0.15) is 0 Å². The van der Waals surface area contributed by atoms with Crippen molar-refractivity contribution in [3.63, 3.8) is 0 Å². The lowest BCUT2D eigenvalue weighted by molar-refractivity contribution is -0.692. The van der Waals surface area contributed by atoms with E-state index in [1.54, 1.807) is 29.1 Å². The van der Waals surface area contributed by atoms with Gasteiger partial charge in [0.2, 0.25) is 11.8 Å². The second-order valence-electron chi connectivity index (χ2n) is 5.20. The highest BCUT2D eigenvalue weighted by atomic mass is 32.1. The monoisotopic (exact) mass is 359 g/mol. The van der Waals surface area contributed by atoms with Gasteiger partial charge in [-0.1, -0.05) is 0 Å². The number of non-ortho nitro benzene ring substituents is 1. The summed E-state index contributed by atoms with van der Waals surface area (Å²) < 4.78 is 1.59. The fourth-order valence-corrected chi connectivity index (χ4v) is 2.68. The number of pyridine rings is 1. The molecule has 0 bridgehead atoms. The zero-order valence-corrected chi connectivity index (χ0v) is 14.3. The van der Waals surface area contributed by atoms with Gasteiger partial charge in [-0.15, -0.1) is 0 Å². The Bertz CT molecular complexity index is 806. The Morgan fingerprint density at radius 3 is 2.60 bits per heavy atom. The first-order valence-electron chi connectivity index (χ1n) is 7.58. The maximum Gasteiger partial charge on any atom is 0.269 e. The summed E-state index contributed by atoms with van der Waals surface area (Å²) in [6, 6.07) is 7.93. The maximum absolute atomic E-state index is 12.9. The number of hydrogen-bond donors (Lipinski definition) is 1. The molecular formula is C17H17N3O4S. The predicted octanol–water partition coefficient (Wildman–Crippen LogP) is 1.76. The SMILES string of the molecule is CCN=C([S-])C(C(=O)c1ccc([N+](=O)[O-])cc1)[n+]1cccc(CO)c1. The molecule has 0 amide bonds. The molecule has 1 atom stereocenters. The number of Topliss-reactive ketones (excluding diaryl/α,β-unsaturated/α-hetero) is 1. The molecular weight excluding hydrogens is 342 g/mol. The van der Waals surface area contributed by atoms with Crippen molar-refractivity contribution < 1.29 is 19.4 Å². The maximum atomic E-state index is 12.9. The number of benzene rings is 1. The summed E-state index contributed by atoms with van der Waals surface area (Å²) >= 11 is 5.30. The minimum absolute atomic E-state index is 0.0937. The van der Waals surface area contributed by atoms with E-state index in [9.17, 15) is 20.0 Å². The van der Waals surface area contributed by atoms with Crippen LogP contribution >= 0.6 is 0 Å². The zero-order chi connectivity index (χ0) is 18.4. The summed E-state index contributed by atoms with van der Waals surface area (Å²) in [5.74, 6) is -0.322. The summed E-state index contributed by atoms with van der Waals surface area (Å²) in [6.45, 7) is 2.08. The summed E-state index contributed by atoms with van der Waals surface area (Å²) in [5.41, 5.74) is 0.832. The molecule has 0 aliphatic carbocycles. The molecule has 0 radical (unpaired) electrons. The normalized spacial score (nSPS) is 12.6. The van der Waals surface area contributed by atoms with Crippen LogP contribution in [0.3, 0.4) is 0 Å². The lowest BCUT2D eigenvalue weighted by Crippen LogP contribution is -2.48. The van der Waals surface area contributed by atoms with Crippen LogP contribution in [-0.4, -0.2) is 27.4 Å². The van der Waals surface area contributed by atoms with Crippen molar-refractivity contribution in [2.75, 3.05) is 6.54 Å². The van der Waals surface area contributed by atoms with Gasteiger partial charge in [-0.05, 0) is 30.2 Å². The summed E-state index contributed by atoms with van der Waals surface area (Å²) in [4.78, 5) is 27.3. The molecule has 1 aromatic carbocycles. The number of aliphatic imine (C=N–C) groups is 1. The van der Waals surface area contributed by atoms with Crippen molar-refractivity contribution in [3.05, 3.63) is 70.0 Å². The Morgan fingerprint density at radius 2 is 2.04 bits per heavy atom. The minimum atomic E-state index is -0.858. The van der Waals surface area contributed by atoms with Crippen LogP contribution in [0.2, 0.25) is 0 Å². The first-order chi connectivity index (χ1) is 12.0. The molecule has 0 saturated heterocycles. The van der Waals surface area contributed by atoms with Crippen LogP contribution in [-0.2, 0) is 19.2 Å². The van der Waals surface area contributed by atoms with Crippen molar-refractivity contribution >= 4 is 29.1 Å². The molecule has 1 heterocycles. The van der Waals surface area contributed by atoms with E-state index >= 15 is 0 Å². The van der Waals surface area contributed by atoms with Crippen LogP contribution in [0.5, 0.6) is 0 Å². The second-order valence-corrected chi connectivity index (χ2v) is 5.62. The fraction of sp³-hybridized carbons (Fsp3) is 0.235. The molecule has 8 heteroatoms. The van der Waals surface area contributed by atoms with Crippen LogP contribution in [0.15, 0.2) is 53.8 Å². The number of nitro benzene ring substituents is 1. The van der Waals surface area contributed by atoms with E-state index < -0.39 is 11.0 Å². The Balaban J connectivity index is 2.45. The molecule has 1 unspecified atom stereocenters. The van der Waals surface area contributed by atoms with Gasteiger partial charge in [0.25, 0.3) is 5.69 Å². The van der Waals surface area contributed by atoms with Crippen LogP contribution in [0, 0.1) is 10.1 Å². The largest absolute Gasteiger partial charge is 0.758 e. The average molecular weight is 359 g/mol. The molecule has 0 fully saturated rings. The van der Waals surface area contributed by atoms with E-state index in [1.165, 1.54) is 24.3 Å². The molecule has 25 heavy (non-hydrogen) atoms. The molecule has 0 saturated carbocycles. The third kappa shape index (κ3) is 4.43. The molecule has 2 aromatic rings. The van der Waals surface area contributed by atoms with Crippen LogP contribution < -0.4 is 4.57 Å². The van der Waals surface area contributed by atoms with Gasteiger partial charge in [0.15, 0.2) is 12.4 Å². The first-order valence-corrected chi connectivity index (χ1v) is 7.99. The molecule has 0 spiro atoms. The molecule has 0 aliphatic heterocycles. The zero-order valence-electron chi connectivity index (χ0n) is 13.5. The molecule has 130 valence electrons. The van der Waals surface area contributed by atoms with E-state index in [0.29, 0.717) is 17.7 Å². The molecule has 7 nitrogen and oxygen atoms in total. The van der Waals surface area contributed by atoms with Gasteiger partial charge in [-0.2, -0.15) is 4.57 Å². The van der Waals surface area contributed by atoms with E-state index in [2.05, 4.69) is 4.99 Å². The Morgan fingerprint density at radius 1 is 1.36 bits per heavy atom. The van der Waals surface area contributed by atoms with Crippen molar-refractivity contribution in [2.45, 2.75) is 19.6 Å². The summed E-state index contributed by atoms with van der Waals surface area (Å²) in [5, 5.41) is 20.3. The first kappa shape index (κ1) is 18.6. The number of rotatable bonds is 7. The lowest BCUT2D eigenvalue weighted by atomic mass is 10.0. The third-order valence-corrected chi connectivity index (χ3v) is 3.88. The topological polar surface area (TPSA) is 96.7 Å². The number of carbonyl (C=O) groups excluding carboxylic acids is 1. The van der Waals surface area contributed by atoms with E-state index in [0.717, 1.165) is 0 Å². The van der Waals surface area contributed by atoms with Gasteiger partial charge in [-0.3, -0.25) is 14.9 Å². The highest BCUT2D eigenvalue weighted by Gasteiger charge is 2.28. The van der Waals surface area contributed by atoms with Gasteiger partial charge < -0.3 is 22.7 Å². The van der Waals surface area contributed by atoms with Gasteiger partial charge in [0.05, 0.1) is 11.5 Å². The Hall–Kier alpha value is -2.71.